The van der Waals surface area contributed by atoms with Gasteiger partial charge in [0.15, 0.2) is 0 Å². The summed E-state index contributed by atoms with van der Waals surface area (Å²) in [7, 11) is 0. The molecule has 0 amide bonds. The first-order chi connectivity index (χ1) is 8.81. The number of rotatable bonds is 3. The summed E-state index contributed by atoms with van der Waals surface area (Å²) in [6.45, 7) is 5.54. The standard InChI is InChI=1S/C14H19N3S/c1-12-8-15-17(9-12)13-4-2-6-16(10-13)11-14-5-3-7-18-14/h3,5,7-9,13H,2,4,6,10-11H2,1H3/t13-/m0/s1. The molecular weight excluding hydrogens is 242 g/mol. The van der Waals surface area contributed by atoms with Gasteiger partial charge in [0.25, 0.3) is 0 Å². The van der Waals surface area contributed by atoms with Crippen molar-refractivity contribution in [3.63, 3.8) is 0 Å². The second-order valence-electron chi connectivity index (χ2n) is 5.11. The number of nitrogens with zero attached hydrogens (tertiary/aromatic N) is 3. The average molecular weight is 261 g/mol. The Kier molecular flexibility index (Phi) is 3.48. The number of hydrogen-bond acceptors (Lipinski definition) is 3. The van der Waals surface area contributed by atoms with Gasteiger partial charge in [0, 0.05) is 24.2 Å². The molecule has 3 heterocycles. The van der Waals surface area contributed by atoms with Gasteiger partial charge in [0.05, 0.1) is 12.2 Å². The van der Waals surface area contributed by atoms with E-state index in [2.05, 4.69) is 45.3 Å². The molecule has 1 aliphatic rings. The molecule has 0 N–H and O–H groups in total. The highest BCUT2D eigenvalue weighted by Crippen LogP contribution is 2.23. The van der Waals surface area contributed by atoms with E-state index in [1.807, 2.05) is 17.5 Å². The number of hydrogen-bond donors (Lipinski definition) is 0. The Morgan fingerprint density at radius 3 is 3.17 bits per heavy atom. The van der Waals surface area contributed by atoms with Crippen molar-refractivity contribution in [2.45, 2.75) is 32.4 Å². The van der Waals surface area contributed by atoms with Gasteiger partial charge < -0.3 is 0 Å². The van der Waals surface area contributed by atoms with Gasteiger partial charge in [-0.25, -0.2) is 0 Å². The van der Waals surface area contributed by atoms with Gasteiger partial charge in [-0.2, -0.15) is 5.10 Å². The minimum atomic E-state index is 0.549. The highest BCUT2D eigenvalue weighted by atomic mass is 32.1. The first-order valence-electron chi connectivity index (χ1n) is 6.57. The van der Waals surface area contributed by atoms with Crippen LogP contribution in [0.25, 0.3) is 0 Å². The number of aryl methyl sites for hydroxylation is 1. The van der Waals surface area contributed by atoms with Crippen molar-refractivity contribution in [2.24, 2.45) is 0 Å². The lowest BCUT2D eigenvalue weighted by molar-refractivity contribution is 0.164. The lowest BCUT2D eigenvalue weighted by Crippen LogP contribution is -2.36. The van der Waals surface area contributed by atoms with Gasteiger partial charge in [-0.3, -0.25) is 9.58 Å². The molecule has 0 saturated carbocycles. The number of thiophene rings is 1. The molecule has 2 aromatic rings. The third-order valence-corrected chi connectivity index (χ3v) is 4.41. The lowest BCUT2D eigenvalue weighted by Gasteiger charge is -2.32. The quantitative estimate of drug-likeness (QED) is 0.846. The van der Waals surface area contributed by atoms with E-state index in [1.165, 1.54) is 29.8 Å². The first-order valence-corrected chi connectivity index (χ1v) is 7.45. The molecule has 3 nitrogen and oxygen atoms in total. The molecule has 1 atom stereocenters. The maximum Gasteiger partial charge on any atom is 0.0646 e. The van der Waals surface area contributed by atoms with Crippen LogP contribution in [0, 0.1) is 6.92 Å². The van der Waals surface area contributed by atoms with Crippen molar-refractivity contribution in [1.82, 2.24) is 14.7 Å². The molecule has 0 bridgehead atoms. The minimum absolute atomic E-state index is 0.549. The van der Waals surface area contributed by atoms with Crippen LogP contribution >= 0.6 is 11.3 Å². The fourth-order valence-electron chi connectivity index (χ4n) is 2.65. The normalized spacial score (nSPS) is 21.3. The van der Waals surface area contributed by atoms with Crippen molar-refractivity contribution in [1.29, 1.82) is 0 Å². The third-order valence-electron chi connectivity index (χ3n) is 3.54. The van der Waals surface area contributed by atoms with E-state index < -0.39 is 0 Å². The predicted octanol–water partition coefficient (Wildman–Crippen LogP) is 3.09. The Hall–Kier alpha value is -1.13. The SMILES string of the molecule is Cc1cnn([C@H]2CCCN(Cc3cccs3)C2)c1. The molecule has 1 aliphatic heterocycles. The number of aromatic nitrogens is 2. The maximum atomic E-state index is 4.46. The molecule has 1 fully saturated rings. The molecule has 0 unspecified atom stereocenters. The molecular formula is C14H19N3S. The van der Waals surface area contributed by atoms with Crippen LogP contribution in [0.2, 0.25) is 0 Å². The molecule has 3 rings (SSSR count). The zero-order chi connectivity index (χ0) is 12.4. The van der Waals surface area contributed by atoms with Crippen LogP contribution in [0.3, 0.4) is 0 Å². The van der Waals surface area contributed by atoms with E-state index in [1.54, 1.807) is 0 Å². The maximum absolute atomic E-state index is 4.46. The predicted molar refractivity (Wildman–Crippen MR) is 74.8 cm³/mol. The first kappa shape index (κ1) is 11.9. The van der Waals surface area contributed by atoms with Crippen LogP contribution in [0.5, 0.6) is 0 Å². The van der Waals surface area contributed by atoms with Crippen LogP contribution in [0.4, 0.5) is 0 Å². The molecule has 1 saturated heterocycles. The Morgan fingerprint density at radius 2 is 2.44 bits per heavy atom. The summed E-state index contributed by atoms with van der Waals surface area (Å²) in [5.74, 6) is 0. The summed E-state index contributed by atoms with van der Waals surface area (Å²) >= 11 is 1.85. The zero-order valence-electron chi connectivity index (χ0n) is 10.7. The number of likely N-dealkylation sites (tertiary alicyclic amines) is 1. The van der Waals surface area contributed by atoms with Crippen LogP contribution < -0.4 is 0 Å². The molecule has 0 radical (unpaired) electrons. The number of piperidine rings is 1. The Bertz CT molecular complexity index is 489. The van der Waals surface area contributed by atoms with Crippen LogP contribution in [0.1, 0.15) is 29.3 Å². The Balaban J connectivity index is 1.65. The molecule has 0 spiro atoms. The van der Waals surface area contributed by atoms with Crippen molar-refractivity contribution >= 4 is 11.3 Å². The van der Waals surface area contributed by atoms with Crippen molar-refractivity contribution in [3.8, 4) is 0 Å². The molecule has 0 aliphatic carbocycles. The largest absolute Gasteiger partial charge is 0.296 e. The summed E-state index contributed by atoms with van der Waals surface area (Å²) in [4.78, 5) is 4.02. The fraction of sp³-hybridized carbons (Fsp3) is 0.500. The molecule has 2 aromatic heterocycles. The summed E-state index contributed by atoms with van der Waals surface area (Å²) in [5, 5.41) is 6.62. The van der Waals surface area contributed by atoms with Crippen molar-refractivity contribution in [2.75, 3.05) is 13.1 Å². The summed E-state index contributed by atoms with van der Waals surface area (Å²) in [6, 6.07) is 4.91. The molecule has 96 valence electrons. The van der Waals surface area contributed by atoms with E-state index in [-0.39, 0.29) is 0 Å². The van der Waals surface area contributed by atoms with E-state index in [0.29, 0.717) is 6.04 Å². The van der Waals surface area contributed by atoms with Gasteiger partial charge in [-0.1, -0.05) is 6.07 Å². The van der Waals surface area contributed by atoms with Crippen LogP contribution in [-0.2, 0) is 6.54 Å². The van der Waals surface area contributed by atoms with E-state index >= 15 is 0 Å². The lowest BCUT2D eigenvalue weighted by atomic mass is 10.1. The van der Waals surface area contributed by atoms with Gasteiger partial charge in [-0.15, -0.1) is 11.3 Å². The molecule has 18 heavy (non-hydrogen) atoms. The second kappa shape index (κ2) is 5.24. The zero-order valence-corrected chi connectivity index (χ0v) is 11.6. The topological polar surface area (TPSA) is 21.1 Å². The third kappa shape index (κ3) is 2.65. The molecule has 0 aromatic carbocycles. The minimum Gasteiger partial charge on any atom is -0.296 e. The van der Waals surface area contributed by atoms with Gasteiger partial charge in [-0.05, 0) is 43.3 Å². The van der Waals surface area contributed by atoms with E-state index in [9.17, 15) is 0 Å². The summed E-state index contributed by atoms with van der Waals surface area (Å²) < 4.78 is 2.15. The second-order valence-corrected chi connectivity index (χ2v) is 6.14. The van der Waals surface area contributed by atoms with Crippen molar-refractivity contribution < 1.29 is 0 Å². The van der Waals surface area contributed by atoms with E-state index in [0.717, 1.165) is 13.1 Å². The van der Waals surface area contributed by atoms with Gasteiger partial charge >= 0.3 is 0 Å². The van der Waals surface area contributed by atoms with Gasteiger partial charge in [0.2, 0.25) is 0 Å². The average Bonchev–Trinajstić information content (AvgIpc) is 3.01. The summed E-state index contributed by atoms with van der Waals surface area (Å²) in [5.41, 5.74) is 1.25. The summed E-state index contributed by atoms with van der Waals surface area (Å²) in [6.07, 6.45) is 6.65. The Morgan fingerprint density at radius 1 is 1.50 bits per heavy atom. The highest BCUT2D eigenvalue weighted by Gasteiger charge is 2.21. The van der Waals surface area contributed by atoms with Crippen LogP contribution in [0.15, 0.2) is 29.9 Å². The van der Waals surface area contributed by atoms with Crippen molar-refractivity contribution in [3.05, 3.63) is 40.3 Å². The van der Waals surface area contributed by atoms with Gasteiger partial charge in [0.1, 0.15) is 0 Å². The Labute approximate surface area is 112 Å². The monoisotopic (exact) mass is 261 g/mol. The molecule has 4 heteroatoms. The van der Waals surface area contributed by atoms with Crippen LogP contribution in [-0.4, -0.2) is 27.8 Å². The van der Waals surface area contributed by atoms with E-state index in [4.69, 9.17) is 0 Å². The smallest absolute Gasteiger partial charge is 0.0646 e. The fourth-order valence-corrected chi connectivity index (χ4v) is 3.39. The highest BCUT2D eigenvalue weighted by molar-refractivity contribution is 7.09.